The molecule has 0 aliphatic rings. The number of nitrogens with one attached hydrogen (secondary N) is 1. The molecule has 0 saturated carbocycles. The van der Waals surface area contributed by atoms with Crippen LogP contribution in [0.1, 0.15) is 11.1 Å². The van der Waals surface area contributed by atoms with E-state index in [9.17, 15) is 9.90 Å². The van der Waals surface area contributed by atoms with Crippen molar-refractivity contribution in [3.8, 4) is 5.75 Å². The Morgan fingerprint density at radius 3 is 2.70 bits per heavy atom. The van der Waals surface area contributed by atoms with Gasteiger partial charge in [-0.15, -0.1) is 0 Å². The molecular weight excluding hydrogens is 320 g/mol. The summed E-state index contributed by atoms with van der Waals surface area (Å²) in [5, 5.41) is 12.4. The molecule has 20 heavy (non-hydrogen) atoms. The van der Waals surface area contributed by atoms with Crippen LogP contribution in [0.5, 0.6) is 5.75 Å². The van der Waals surface area contributed by atoms with Crippen LogP contribution in [0.25, 0.3) is 0 Å². The summed E-state index contributed by atoms with van der Waals surface area (Å²) < 4.78 is 0.867. The maximum absolute atomic E-state index is 12.0. The minimum Gasteiger partial charge on any atom is -0.508 e. The van der Waals surface area contributed by atoms with Crippen molar-refractivity contribution in [1.29, 1.82) is 0 Å². The van der Waals surface area contributed by atoms with Gasteiger partial charge in [0.2, 0.25) is 5.91 Å². The zero-order valence-corrected chi connectivity index (χ0v) is 12.6. The molecule has 0 radical (unpaired) electrons. The maximum Gasteiger partial charge on any atom is 0.229 e. The van der Waals surface area contributed by atoms with Crippen LogP contribution in [0.2, 0.25) is 0 Å². The Balaban J connectivity index is 2.15. The van der Waals surface area contributed by atoms with E-state index in [1.165, 1.54) is 0 Å². The van der Waals surface area contributed by atoms with E-state index >= 15 is 0 Å². The fourth-order valence-electron chi connectivity index (χ4n) is 1.96. The number of aryl methyl sites for hydroxylation is 1. The van der Waals surface area contributed by atoms with Crippen molar-refractivity contribution in [3.05, 3.63) is 52.0 Å². The molecule has 0 spiro atoms. The molecule has 5 heteroatoms. The van der Waals surface area contributed by atoms with Gasteiger partial charge in [-0.1, -0.05) is 34.1 Å². The summed E-state index contributed by atoms with van der Waals surface area (Å²) in [6, 6.07) is 10.4. The number of amides is 1. The molecule has 0 bridgehead atoms. The normalized spacial score (nSPS) is 10.3. The van der Waals surface area contributed by atoms with E-state index in [2.05, 4.69) is 21.2 Å². The average molecular weight is 335 g/mol. The largest absolute Gasteiger partial charge is 0.508 e. The van der Waals surface area contributed by atoms with Gasteiger partial charge in [0.25, 0.3) is 0 Å². The van der Waals surface area contributed by atoms with Crippen molar-refractivity contribution in [2.75, 3.05) is 11.1 Å². The van der Waals surface area contributed by atoms with Gasteiger partial charge in [-0.3, -0.25) is 4.79 Å². The predicted molar refractivity (Wildman–Crippen MR) is 83.7 cm³/mol. The molecule has 0 fully saturated rings. The van der Waals surface area contributed by atoms with Crippen LogP contribution >= 0.6 is 15.9 Å². The smallest absolute Gasteiger partial charge is 0.229 e. The van der Waals surface area contributed by atoms with Gasteiger partial charge in [-0.25, -0.2) is 0 Å². The lowest BCUT2D eigenvalue weighted by molar-refractivity contribution is -0.115. The van der Waals surface area contributed by atoms with Gasteiger partial charge in [0.05, 0.1) is 17.8 Å². The third-order valence-electron chi connectivity index (χ3n) is 2.94. The Hall–Kier alpha value is -2.01. The SMILES string of the molecule is Cc1cc(Br)cc(N)c1NC(=O)Cc1ccccc1O. The summed E-state index contributed by atoms with van der Waals surface area (Å²) in [6.45, 7) is 1.87. The molecule has 0 heterocycles. The van der Waals surface area contributed by atoms with E-state index in [1.54, 1.807) is 30.3 Å². The minimum atomic E-state index is -0.219. The number of benzene rings is 2. The zero-order chi connectivity index (χ0) is 14.7. The van der Waals surface area contributed by atoms with Crippen molar-refractivity contribution < 1.29 is 9.90 Å². The number of nitrogens with two attached hydrogens (primary N) is 1. The number of halogens is 1. The second-order valence-electron chi connectivity index (χ2n) is 4.54. The number of phenolic OH excluding ortho intramolecular Hbond substituents is 1. The molecule has 0 aromatic heterocycles. The first-order valence-electron chi connectivity index (χ1n) is 6.09. The molecular formula is C15H15BrN2O2. The van der Waals surface area contributed by atoms with Crippen molar-refractivity contribution in [3.63, 3.8) is 0 Å². The number of phenols is 1. The molecule has 0 unspecified atom stereocenters. The standard InChI is InChI=1S/C15H15BrN2O2/c1-9-6-11(16)8-12(17)15(9)18-14(20)7-10-4-2-3-5-13(10)19/h2-6,8,19H,7,17H2,1H3,(H,18,20). The molecule has 2 aromatic rings. The van der Waals surface area contributed by atoms with Crippen LogP contribution in [0, 0.1) is 6.92 Å². The number of para-hydroxylation sites is 1. The first-order chi connectivity index (χ1) is 9.47. The van der Waals surface area contributed by atoms with E-state index in [1.807, 2.05) is 13.0 Å². The van der Waals surface area contributed by atoms with Crippen molar-refractivity contribution in [2.45, 2.75) is 13.3 Å². The topological polar surface area (TPSA) is 75.3 Å². The molecule has 2 rings (SSSR count). The van der Waals surface area contributed by atoms with Crippen molar-refractivity contribution >= 4 is 33.2 Å². The van der Waals surface area contributed by atoms with Crippen LogP contribution in [-0.2, 0) is 11.2 Å². The lowest BCUT2D eigenvalue weighted by Crippen LogP contribution is -2.16. The van der Waals surface area contributed by atoms with Gasteiger partial charge in [0.1, 0.15) is 5.75 Å². The number of hydrogen-bond acceptors (Lipinski definition) is 3. The number of carbonyl (C=O) groups is 1. The fourth-order valence-corrected chi connectivity index (χ4v) is 2.55. The van der Waals surface area contributed by atoms with E-state index in [4.69, 9.17) is 5.73 Å². The molecule has 0 saturated heterocycles. The number of nitrogen functional groups attached to an aromatic ring is 1. The number of anilines is 2. The summed E-state index contributed by atoms with van der Waals surface area (Å²) in [5.74, 6) is -0.105. The Bertz CT molecular complexity index is 633. The monoisotopic (exact) mass is 334 g/mol. The Labute approximate surface area is 125 Å². The summed E-state index contributed by atoms with van der Waals surface area (Å²) in [4.78, 5) is 12.0. The predicted octanol–water partition coefficient (Wildman–Crippen LogP) is 3.23. The number of aromatic hydroxyl groups is 1. The highest BCUT2D eigenvalue weighted by molar-refractivity contribution is 9.10. The van der Waals surface area contributed by atoms with Crippen LogP contribution in [0.4, 0.5) is 11.4 Å². The maximum atomic E-state index is 12.0. The van der Waals surface area contributed by atoms with Crippen molar-refractivity contribution in [2.24, 2.45) is 0 Å². The lowest BCUT2D eigenvalue weighted by Gasteiger charge is -2.12. The third-order valence-corrected chi connectivity index (χ3v) is 3.40. The molecule has 104 valence electrons. The summed E-state index contributed by atoms with van der Waals surface area (Å²) in [6.07, 6.45) is 0.0988. The van der Waals surface area contributed by atoms with Crippen LogP contribution in [-0.4, -0.2) is 11.0 Å². The van der Waals surface area contributed by atoms with Crippen LogP contribution in [0.3, 0.4) is 0 Å². The molecule has 0 aliphatic heterocycles. The van der Waals surface area contributed by atoms with Gasteiger partial charge >= 0.3 is 0 Å². The first-order valence-corrected chi connectivity index (χ1v) is 6.89. The highest BCUT2D eigenvalue weighted by Gasteiger charge is 2.11. The minimum absolute atomic E-state index is 0.0988. The quantitative estimate of drug-likeness (QED) is 0.754. The zero-order valence-electron chi connectivity index (χ0n) is 11.0. The number of carbonyl (C=O) groups excluding carboxylic acids is 1. The van der Waals surface area contributed by atoms with Crippen LogP contribution in [0.15, 0.2) is 40.9 Å². The van der Waals surface area contributed by atoms with E-state index in [0.717, 1.165) is 10.0 Å². The highest BCUT2D eigenvalue weighted by Crippen LogP contribution is 2.28. The molecule has 4 nitrogen and oxygen atoms in total. The molecule has 2 aromatic carbocycles. The molecule has 0 aliphatic carbocycles. The number of hydrogen-bond donors (Lipinski definition) is 3. The Morgan fingerprint density at radius 2 is 2.05 bits per heavy atom. The number of rotatable bonds is 3. The van der Waals surface area contributed by atoms with E-state index in [-0.39, 0.29) is 18.1 Å². The van der Waals surface area contributed by atoms with E-state index in [0.29, 0.717) is 16.9 Å². The molecule has 4 N–H and O–H groups in total. The van der Waals surface area contributed by atoms with E-state index < -0.39 is 0 Å². The Morgan fingerprint density at radius 1 is 1.35 bits per heavy atom. The third kappa shape index (κ3) is 3.30. The van der Waals surface area contributed by atoms with Gasteiger partial charge in [-0.05, 0) is 30.7 Å². The summed E-state index contributed by atoms with van der Waals surface area (Å²) >= 11 is 3.35. The Kier molecular flexibility index (Phi) is 4.29. The van der Waals surface area contributed by atoms with Gasteiger partial charge < -0.3 is 16.2 Å². The lowest BCUT2D eigenvalue weighted by atomic mass is 10.1. The molecule has 1 amide bonds. The van der Waals surface area contributed by atoms with Gasteiger partial charge in [0, 0.05) is 10.0 Å². The average Bonchev–Trinajstić information content (AvgIpc) is 2.36. The van der Waals surface area contributed by atoms with Gasteiger partial charge in [-0.2, -0.15) is 0 Å². The fraction of sp³-hybridized carbons (Fsp3) is 0.133. The second-order valence-corrected chi connectivity index (χ2v) is 5.46. The summed E-state index contributed by atoms with van der Waals surface area (Å²) in [5.41, 5.74) is 8.47. The summed E-state index contributed by atoms with van der Waals surface area (Å²) in [7, 11) is 0. The first kappa shape index (κ1) is 14.4. The molecule has 0 atom stereocenters. The van der Waals surface area contributed by atoms with Crippen LogP contribution < -0.4 is 11.1 Å². The van der Waals surface area contributed by atoms with Gasteiger partial charge in [0.15, 0.2) is 0 Å². The second kappa shape index (κ2) is 5.96. The van der Waals surface area contributed by atoms with Crippen molar-refractivity contribution in [1.82, 2.24) is 0 Å². The highest BCUT2D eigenvalue weighted by atomic mass is 79.9.